The number of hydrogen-bond donors (Lipinski definition) is 2. The molecule has 2 aromatic rings. The van der Waals surface area contributed by atoms with Crippen molar-refractivity contribution < 1.29 is 18.3 Å². The zero-order valence-electron chi connectivity index (χ0n) is 16.0. The summed E-state index contributed by atoms with van der Waals surface area (Å²) in [6.45, 7) is 3.97. The van der Waals surface area contributed by atoms with Crippen LogP contribution in [0, 0.1) is 12.8 Å². The van der Waals surface area contributed by atoms with Crippen molar-refractivity contribution in [2.24, 2.45) is 5.92 Å². The summed E-state index contributed by atoms with van der Waals surface area (Å²) in [5, 5.41) is 9.69. The molecule has 2 aromatic carbocycles. The van der Waals surface area contributed by atoms with E-state index in [9.17, 15) is 13.5 Å². The van der Waals surface area contributed by atoms with Gasteiger partial charge in [-0.05, 0) is 67.0 Å². The molecule has 0 heterocycles. The Balaban J connectivity index is 1.88. The predicted molar refractivity (Wildman–Crippen MR) is 106 cm³/mol. The van der Waals surface area contributed by atoms with Crippen LogP contribution < -0.4 is 9.46 Å². The average molecular weight is 390 g/mol. The molecule has 3 rings (SSSR count). The molecule has 6 heteroatoms. The lowest BCUT2D eigenvalue weighted by molar-refractivity contribution is 0.203. The summed E-state index contributed by atoms with van der Waals surface area (Å²) >= 11 is 0. The minimum Gasteiger partial charge on any atom is -0.497 e. The quantitative estimate of drug-likeness (QED) is 0.796. The van der Waals surface area contributed by atoms with Crippen molar-refractivity contribution in [1.82, 2.24) is 4.72 Å². The zero-order valence-corrected chi connectivity index (χ0v) is 16.8. The molecule has 0 aliphatic heterocycles. The molecule has 0 radical (unpaired) electrons. The summed E-state index contributed by atoms with van der Waals surface area (Å²) in [6.07, 6.45) is 1.27. The molecule has 27 heavy (non-hydrogen) atoms. The van der Waals surface area contributed by atoms with Gasteiger partial charge in [-0.15, -0.1) is 0 Å². The van der Waals surface area contributed by atoms with Crippen molar-refractivity contribution in [3.63, 3.8) is 0 Å². The van der Waals surface area contributed by atoms with Gasteiger partial charge in [0.25, 0.3) is 0 Å². The van der Waals surface area contributed by atoms with Gasteiger partial charge in [0.1, 0.15) is 5.75 Å². The van der Waals surface area contributed by atoms with Gasteiger partial charge in [-0.2, -0.15) is 0 Å². The van der Waals surface area contributed by atoms with E-state index in [4.69, 9.17) is 4.74 Å². The standard InChI is InChI=1S/C21H27NO4S/c1-14-4-8-19(9-5-14)27(24,25)22-17-10-16-6-7-18(26-3)12-21(16)20(11-17)15(2)13-23/h4-9,12,15,17,20,22-23H,10-11,13H2,1-3H3/t15-,17-,20+/m0/s1. The van der Waals surface area contributed by atoms with Gasteiger partial charge in [0.15, 0.2) is 0 Å². The van der Waals surface area contributed by atoms with Gasteiger partial charge in [-0.1, -0.05) is 30.7 Å². The number of hydrogen-bond acceptors (Lipinski definition) is 4. The number of sulfonamides is 1. The molecule has 0 amide bonds. The minimum absolute atomic E-state index is 0.0301. The Labute approximate surface area is 161 Å². The third-order valence-corrected chi connectivity index (χ3v) is 6.92. The van der Waals surface area contributed by atoms with E-state index >= 15 is 0 Å². The van der Waals surface area contributed by atoms with E-state index in [1.54, 1.807) is 31.4 Å². The number of rotatable bonds is 6. The van der Waals surface area contributed by atoms with Crippen molar-refractivity contribution in [2.75, 3.05) is 13.7 Å². The van der Waals surface area contributed by atoms with Crippen LogP contribution in [0.4, 0.5) is 0 Å². The molecule has 0 aromatic heterocycles. The first-order valence-electron chi connectivity index (χ1n) is 9.20. The lowest BCUT2D eigenvalue weighted by Crippen LogP contribution is -2.41. The third-order valence-electron chi connectivity index (χ3n) is 5.39. The maximum Gasteiger partial charge on any atom is 0.240 e. The number of aliphatic hydroxyl groups is 1. The van der Waals surface area contributed by atoms with Gasteiger partial charge in [0.05, 0.1) is 12.0 Å². The molecule has 0 saturated carbocycles. The molecule has 0 saturated heterocycles. The highest BCUT2D eigenvalue weighted by atomic mass is 32.2. The van der Waals surface area contributed by atoms with Gasteiger partial charge in [0.2, 0.25) is 10.0 Å². The first-order chi connectivity index (χ1) is 12.8. The first kappa shape index (κ1) is 19.9. The molecule has 146 valence electrons. The molecular formula is C21H27NO4S. The number of ether oxygens (including phenoxy) is 1. The first-order valence-corrected chi connectivity index (χ1v) is 10.7. The van der Waals surface area contributed by atoms with Crippen LogP contribution in [0.25, 0.3) is 0 Å². The Morgan fingerprint density at radius 1 is 1.22 bits per heavy atom. The summed E-state index contributed by atoms with van der Waals surface area (Å²) in [7, 11) is -1.95. The molecule has 5 nitrogen and oxygen atoms in total. The summed E-state index contributed by atoms with van der Waals surface area (Å²) in [5.74, 6) is 0.879. The highest BCUT2D eigenvalue weighted by Crippen LogP contribution is 2.39. The van der Waals surface area contributed by atoms with E-state index in [0.29, 0.717) is 12.8 Å². The van der Waals surface area contributed by atoms with Crippen molar-refractivity contribution in [3.8, 4) is 5.75 Å². The number of aryl methyl sites for hydroxylation is 1. The Morgan fingerprint density at radius 3 is 2.56 bits per heavy atom. The number of fused-ring (bicyclic) bond motifs is 1. The SMILES string of the molecule is COc1ccc2c(c1)[C@@H]([C@@H](C)CO)C[C@@H](NS(=O)(=O)c1ccc(C)cc1)C2. The molecule has 1 aliphatic rings. The lowest BCUT2D eigenvalue weighted by atomic mass is 9.75. The zero-order chi connectivity index (χ0) is 19.6. The van der Waals surface area contributed by atoms with Crippen LogP contribution >= 0.6 is 0 Å². The molecule has 0 unspecified atom stereocenters. The topological polar surface area (TPSA) is 75.6 Å². The Hall–Kier alpha value is -1.89. The van der Waals surface area contributed by atoms with Gasteiger partial charge < -0.3 is 9.84 Å². The fourth-order valence-electron chi connectivity index (χ4n) is 3.77. The fraction of sp³-hybridized carbons (Fsp3) is 0.429. The number of aliphatic hydroxyl groups excluding tert-OH is 1. The summed E-state index contributed by atoms with van der Waals surface area (Å²) < 4.78 is 33.8. The van der Waals surface area contributed by atoms with Crippen molar-refractivity contribution in [1.29, 1.82) is 0 Å². The van der Waals surface area contributed by atoms with Gasteiger partial charge in [0, 0.05) is 12.6 Å². The van der Waals surface area contributed by atoms with Crippen LogP contribution in [0.1, 0.15) is 36.0 Å². The van der Waals surface area contributed by atoms with Crippen LogP contribution in [0.5, 0.6) is 5.75 Å². The molecule has 1 aliphatic carbocycles. The van der Waals surface area contributed by atoms with Crippen molar-refractivity contribution in [2.45, 2.75) is 43.5 Å². The number of benzene rings is 2. The molecule has 0 spiro atoms. The largest absolute Gasteiger partial charge is 0.497 e. The van der Waals surface area contributed by atoms with Crippen LogP contribution in [0.3, 0.4) is 0 Å². The molecule has 3 atom stereocenters. The Bertz CT molecular complexity index is 893. The van der Waals surface area contributed by atoms with Crippen LogP contribution in [-0.2, 0) is 16.4 Å². The van der Waals surface area contributed by atoms with Gasteiger partial charge >= 0.3 is 0 Å². The molecule has 2 N–H and O–H groups in total. The second-order valence-electron chi connectivity index (χ2n) is 7.40. The van der Waals surface area contributed by atoms with E-state index in [0.717, 1.165) is 22.4 Å². The van der Waals surface area contributed by atoms with Crippen LogP contribution in [0.15, 0.2) is 47.4 Å². The Kier molecular flexibility index (Phi) is 5.89. The van der Waals surface area contributed by atoms with Gasteiger partial charge in [-0.25, -0.2) is 13.1 Å². The predicted octanol–water partition coefficient (Wildman–Crippen LogP) is 3.01. The van der Waals surface area contributed by atoms with Crippen molar-refractivity contribution in [3.05, 3.63) is 59.2 Å². The highest BCUT2D eigenvalue weighted by Gasteiger charge is 2.33. The second-order valence-corrected chi connectivity index (χ2v) is 9.12. The monoisotopic (exact) mass is 389 g/mol. The maximum absolute atomic E-state index is 12.8. The van der Waals surface area contributed by atoms with E-state index in [-0.39, 0.29) is 29.4 Å². The van der Waals surface area contributed by atoms with E-state index < -0.39 is 10.0 Å². The maximum atomic E-state index is 12.8. The third kappa shape index (κ3) is 4.34. The lowest BCUT2D eigenvalue weighted by Gasteiger charge is -2.35. The smallest absolute Gasteiger partial charge is 0.240 e. The average Bonchev–Trinajstić information content (AvgIpc) is 2.66. The summed E-state index contributed by atoms with van der Waals surface area (Å²) in [6, 6.07) is 12.6. The van der Waals surface area contributed by atoms with E-state index in [1.807, 2.05) is 32.0 Å². The highest BCUT2D eigenvalue weighted by molar-refractivity contribution is 7.89. The normalized spacial score (nSPS) is 20.7. The van der Waals surface area contributed by atoms with Crippen LogP contribution in [-0.4, -0.2) is 33.3 Å². The van der Waals surface area contributed by atoms with Gasteiger partial charge in [-0.3, -0.25) is 0 Å². The number of nitrogens with one attached hydrogen (secondary N) is 1. The fourth-order valence-corrected chi connectivity index (χ4v) is 5.02. The summed E-state index contributed by atoms with van der Waals surface area (Å²) in [4.78, 5) is 0.278. The van der Waals surface area contributed by atoms with Crippen molar-refractivity contribution >= 4 is 10.0 Å². The summed E-state index contributed by atoms with van der Waals surface area (Å²) in [5.41, 5.74) is 3.26. The molecule has 0 bridgehead atoms. The minimum atomic E-state index is -3.59. The Morgan fingerprint density at radius 2 is 1.93 bits per heavy atom. The second kappa shape index (κ2) is 8.00. The van der Waals surface area contributed by atoms with E-state index in [2.05, 4.69) is 4.72 Å². The van der Waals surface area contributed by atoms with Crippen LogP contribution in [0.2, 0.25) is 0 Å². The molecular weight excluding hydrogens is 362 g/mol. The van der Waals surface area contributed by atoms with E-state index in [1.165, 1.54) is 0 Å². The molecule has 0 fully saturated rings. The number of methoxy groups -OCH3 is 1.